The van der Waals surface area contributed by atoms with Crippen molar-refractivity contribution in [1.82, 2.24) is 0 Å². The summed E-state index contributed by atoms with van der Waals surface area (Å²) in [4.78, 5) is 1.78. The number of halogens is 2. The first kappa shape index (κ1) is 11.7. The highest BCUT2D eigenvalue weighted by atomic mass is 32.2. The SMILES string of the molecule is O=S1(=O)CCN2c3cc(F)cc(F)c3NCC2C1. The second-order valence-corrected chi connectivity index (χ2v) is 6.85. The van der Waals surface area contributed by atoms with E-state index in [4.69, 9.17) is 0 Å². The third-order valence-electron chi connectivity index (χ3n) is 3.39. The van der Waals surface area contributed by atoms with Gasteiger partial charge in [0.05, 0.1) is 28.9 Å². The largest absolute Gasteiger partial charge is 0.379 e. The van der Waals surface area contributed by atoms with Gasteiger partial charge in [0.1, 0.15) is 5.82 Å². The van der Waals surface area contributed by atoms with Crippen LogP contribution in [0.2, 0.25) is 0 Å². The summed E-state index contributed by atoms with van der Waals surface area (Å²) in [5.74, 6) is -1.24. The van der Waals surface area contributed by atoms with Gasteiger partial charge in [0.25, 0.3) is 0 Å². The summed E-state index contributed by atoms with van der Waals surface area (Å²) in [7, 11) is -3.05. The Kier molecular flexibility index (Phi) is 2.48. The number of benzene rings is 1. The van der Waals surface area contributed by atoms with Crippen LogP contribution >= 0.6 is 0 Å². The summed E-state index contributed by atoms with van der Waals surface area (Å²) in [6.07, 6.45) is 0. The maximum absolute atomic E-state index is 13.6. The Morgan fingerprint density at radius 3 is 2.89 bits per heavy atom. The standard InChI is InChI=1S/C11H12F2N2O2S/c12-7-3-9(13)11-10(4-7)15-1-2-18(16,17)6-8(15)5-14-11/h3-4,8,14H,1-2,5-6H2. The van der Waals surface area contributed by atoms with Crippen molar-refractivity contribution < 1.29 is 17.2 Å². The van der Waals surface area contributed by atoms with Crippen molar-refractivity contribution in [2.24, 2.45) is 0 Å². The van der Waals surface area contributed by atoms with Crippen molar-refractivity contribution >= 4 is 21.2 Å². The number of hydrogen-bond acceptors (Lipinski definition) is 4. The zero-order valence-corrected chi connectivity index (χ0v) is 10.3. The highest BCUT2D eigenvalue weighted by Gasteiger charge is 2.36. The molecule has 0 bridgehead atoms. The Morgan fingerprint density at radius 1 is 1.33 bits per heavy atom. The molecule has 18 heavy (non-hydrogen) atoms. The highest BCUT2D eigenvalue weighted by Crippen LogP contribution is 2.36. The molecule has 4 nitrogen and oxygen atoms in total. The second kappa shape index (κ2) is 3.81. The van der Waals surface area contributed by atoms with Gasteiger partial charge in [-0.3, -0.25) is 0 Å². The van der Waals surface area contributed by atoms with Crippen molar-refractivity contribution in [3.8, 4) is 0 Å². The Labute approximate surface area is 104 Å². The topological polar surface area (TPSA) is 49.4 Å². The van der Waals surface area contributed by atoms with Gasteiger partial charge in [-0.25, -0.2) is 17.2 Å². The molecule has 1 aromatic carbocycles. The minimum atomic E-state index is -3.05. The number of anilines is 2. The second-order valence-electron chi connectivity index (χ2n) is 4.62. The Morgan fingerprint density at radius 2 is 2.11 bits per heavy atom. The quantitative estimate of drug-likeness (QED) is 0.766. The molecule has 2 aliphatic heterocycles. The summed E-state index contributed by atoms with van der Waals surface area (Å²) in [6.45, 7) is 0.638. The van der Waals surface area contributed by atoms with Crippen molar-refractivity contribution in [2.45, 2.75) is 6.04 Å². The van der Waals surface area contributed by atoms with Crippen LogP contribution in [-0.2, 0) is 9.84 Å². The van der Waals surface area contributed by atoms with Gasteiger partial charge in [-0.2, -0.15) is 0 Å². The molecule has 0 spiro atoms. The van der Waals surface area contributed by atoms with E-state index in [9.17, 15) is 17.2 Å². The lowest BCUT2D eigenvalue weighted by atomic mass is 10.1. The summed E-state index contributed by atoms with van der Waals surface area (Å²) >= 11 is 0. The Bertz CT molecular complexity index is 603. The zero-order valence-electron chi connectivity index (χ0n) is 9.49. The van der Waals surface area contributed by atoms with Crippen molar-refractivity contribution in [1.29, 1.82) is 0 Å². The van der Waals surface area contributed by atoms with Gasteiger partial charge in [0, 0.05) is 19.2 Å². The fraction of sp³-hybridized carbons (Fsp3) is 0.455. The molecule has 0 aromatic heterocycles. The maximum atomic E-state index is 13.6. The minimum absolute atomic E-state index is 0.0254. The number of nitrogens with one attached hydrogen (secondary N) is 1. The molecule has 1 unspecified atom stereocenters. The van der Waals surface area contributed by atoms with E-state index in [0.29, 0.717) is 12.2 Å². The minimum Gasteiger partial charge on any atom is -0.379 e. The fourth-order valence-electron chi connectivity index (χ4n) is 2.55. The molecule has 1 N–H and O–H groups in total. The molecule has 0 amide bonds. The molecular formula is C11H12F2N2O2S. The predicted molar refractivity (Wildman–Crippen MR) is 64.6 cm³/mol. The third kappa shape index (κ3) is 1.82. The number of hydrogen-bond donors (Lipinski definition) is 1. The van der Waals surface area contributed by atoms with Gasteiger partial charge < -0.3 is 10.2 Å². The lowest BCUT2D eigenvalue weighted by Crippen LogP contribution is -2.54. The summed E-state index contributed by atoms with van der Waals surface area (Å²) in [6, 6.07) is 1.82. The molecule has 0 saturated carbocycles. The molecule has 1 aromatic rings. The summed E-state index contributed by atoms with van der Waals surface area (Å²) < 4.78 is 49.9. The van der Waals surface area contributed by atoms with Crippen molar-refractivity contribution in [3.63, 3.8) is 0 Å². The van der Waals surface area contributed by atoms with Crippen LogP contribution in [0.25, 0.3) is 0 Å². The van der Waals surface area contributed by atoms with Crippen LogP contribution < -0.4 is 10.2 Å². The molecule has 98 valence electrons. The lowest BCUT2D eigenvalue weighted by Gasteiger charge is -2.42. The average molecular weight is 274 g/mol. The van der Waals surface area contributed by atoms with Crippen LogP contribution in [0.3, 0.4) is 0 Å². The van der Waals surface area contributed by atoms with E-state index >= 15 is 0 Å². The molecule has 0 radical (unpaired) electrons. The maximum Gasteiger partial charge on any atom is 0.154 e. The Balaban J connectivity index is 2.04. The van der Waals surface area contributed by atoms with E-state index < -0.39 is 21.5 Å². The predicted octanol–water partition coefficient (Wildman–Crippen LogP) is 0.994. The van der Waals surface area contributed by atoms with Crippen LogP contribution in [-0.4, -0.2) is 39.1 Å². The highest BCUT2D eigenvalue weighted by molar-refractivity contribution is 7.91. The summed E-state index contributed by atoms with van der Waals surface area (Å²) in [5, 5.41) is 2.85. The molecule has 1 saturated heterocycles. The number of sulfone groups is 1. The van der Waals surface area contributed by atoms with Gasteiger partial charge in [-0.15, -0.1) is 0 Å². The van der Waals surface area contributed by atoms with Crippen LogP contribution in [0.5, 0.6) is 0 Å². The number of rotatable bonds is 0. The van der Waals surface area contributed by atoms with Gasteiger partial charge >= 0.3 is 0 Å². The molecule has 1 fully saturated rings. The molecule has 0 aliphatic carbocycles. The van der Waals surface area contributed by atoms with Crippen LogP contribution in [0.4, 0.5) is 20.2 Å². The summed E-state index contributed by atoms with van der Waals surface area (Å²) in [5.41, 5.74) is 0.672. The number of nitrogens with zero attached hydrogens (tertiary/aromatic N) is 1. The molecule has 1 atom stereocenters. The molecule has 3 rings (SSSR count). The van der Waals surface area contributed by atoms with Crippen molar-refractivity contribution in [3.05, 3.63) is 23.8 Å². The van der Waals surface area contributed by atoms with Gasteiger partial charge in [-0.05, 0) is 6.07 Å². The molecule has 2 heterocycles. The van der Waals surface area contributed by atoms with E-state index in [-0.39, 0.29) is 29.8 Å². The van der Waals surface area contributed by atoms with Gasteiger partial charge in [0.2, 0.25) is 0 Å². The van der Waals surface area contributed by atoms with Crippen LogP contribution in [0, 0.1) is 11.6 Å². The van der Waals surface area contributed by atoms with Gasteiger partial charge in [0.15, 0.2) is 15.7 Å². The smallest absolute Gasteiger partial charge is 0.154 e. The molecule has 7 heteroatoms. The monoisotopic (exact) mass is 274 g/mol. The first-order valence-corrected chi connectivity index (χ1v) is 7.48. The van der Waals surface area contributed by atoms with Crippen LogP contribution in [0.15, 0.2) is 12.1 Å². The van der Waals surface area contributed by atoms with E-state index in [1.165, 1.54) is 6.07 Å². The van der Waals surface area contributed by atoms with E-state index in [1.807, 2.05) is 0 Å². The van der Waals surface area contributed by atoms with Gasteiger partial charge in [-0.1, -0.05) is 0 Å². The molecule has 2 aliphatic rings. The first-order chi connectivity index (χ1) is 8.46. The fourth-order valence-corrected chi connectivity index (χ4v) is 4.08. The number of fused-ring (bicyclic) bond motifs is 3. The average Bonchev–Trinajstić information content (AvgIpc) is 2.26. The first-order valence-electron chi connectivity index (χ1n) is 5.66. The van der Waals surface area contributed by atoms with Crippen LogP contribution in [0.1, 0.15) is 0 Å². The third-order valence-corrected chi connectivity index (χ3v) is 5.09. The normalized spacial score (nSPS) is 25.0. The van der Waals surface area contributed by atoms with Crippen molar-refractivity contribution in [2.75, 3.05) is 34.8 Å². The lowest BCUT2D eigenvalue weighted by molar-refractivity contribution is 0.549. The molecular weight excluding hydrogens is 262 g/mol. The van der Waals surface area contributed by atoms with E-state index in [1.54, 1.807) is 4.90 Å². The van der Waals surface area contributed by atoms with E-state index in [2.05, 4.69) is 5.32 Å². The van der Waals surface area contributed by atoms with E-state index in [0.717, 1.165) is 6.07 Å². The zero-order chi connectivity index (χ0) is 12.9. The Hall–Kier alpha value is -1.37.